The highest BCUT2D eigenvalue weighted by molar-refractivity contribution is 5.81. The molecule has 3 N–H and O–H groups in total. The molecule has 2 aromatic heterocycles. The molecular formula is C20H15N5O. The van der Waals surface area contributed by atoms with Gasteiger partial charge >= 0.3 is 0 Å². The van der Waals surface area contributed by atoms with Crippen molar-refractivity contribution in [3.05, 3.63) is 71.2 Å². The van der Waals surface area contributed by atoms with Crippen LogP contribution in [-0.2, 0) is 12.8 Å². The van der Waals surface area contributed by atoms with Crippen LogP contribution in [-0.4, -0.2) is 15.1 Å². The molecule has 3 rings (SSSR count). The van der Waals surface area contributed by atoms with Crippen molar-refractivity contribution in [3.63, 3.8) is 0 Å². The standard InChI is InChI=1S/C20H15N5O/c21-11-16-18(8-7-14-5-1-2-9-24-14)25-20(23)17(12-22)19(16)13-4-3-6-15(26)10-13/h1-6,9-10,26H,7-8H2,(H2,23,25). The first-order chi connectivity index (χ1) is 12.6. The Hall–Kier alpha value is -3.90. The van der Waals surface area contributed by atoms with Gasteiger partial charge < -0.3 is 10.8 Å². The van der Waals surface area contributed by atoms with Crippen LogP contribution in [0.2, 0.25) is 0 Å². The number of pyridine rings is 2. The summed E-state index contributed by atoms with van der Waals surface area (Å²) in [6.45, 7) is 0. The summed E-state index contributed by atoms with van der Waals surface area (Å²) in [5.74, 6) is 0.113. The molecule has 0 atom stereocenters. The number of anilines is 1. The van der Waals surface area contributed by atoms with Gasteiger partial charge in [-0.25, -0.2) is 4.98 Å². The number of nitrogen functional groups attached to an aromatic ring is 1. The van der Waals surface area contributed by atoms with Gasteiger partial charge in [-0.15, -0.1) is 0 Å². The summed E-state index contributed by atoms with van der Waals surface area (Å²) in [6, 6.07) is 16.2. The van der Waals surface area contributed by atoms with Crippen molar-refractivity contribution in [2.45, 2.75) is 12.8 Å². The van der Waals surface area contributed by atoms with E-state index in [0.717, 1.165) is 5.69 Å². The van der Waals surface area contributed by atoms with Crippen LogP contribution in [0.15, 0.2) is 48.7 Å². The quantitative estimate of drug-likeness (QED) is 0.753. The van der Waals surface area contributed by atoms with Crippen LogP contribution in [0.25, 0.3) is 11.1 Å². The van der Waals surface area contributed by atoms with Crippen LogP contribution in [0, 0.1) is 22.7 Å². The fourth-order valence-corrected chi connectivity index (χ4v) is 2.81. The number of hydrogen-bond donors (Lipinski definition) is 2. The predicted octanol–water partition coefficient (Wildman–Crippen LogP) is 2.96. The van der Waals surface area contributed by atoms with Gasteiger partial charge in [0.2, 0.25) is 0 Å². The van der Waals surface area contributed by atoms with Crippen LogP contribution in [0.5, 0.6) is 5.75 Å². The third-order valence-corrected chi connectivity index (χ3v) is 4.00. The molecule has 126 valence electrons. The molecule has 6 nitrogen and oxygen atoms in total. The van der Waals surface area contributed by atoms with E-state index in [-0.39, 0.29) is 22.7 Å². The number of nitrogens with zero attached hydrogens (tertiary/aromatic N) is 4. The lowest BCUT2D eigenvalue weighted by atomic mass is 9.93. The van der Waals surface area contributed by atoms with Crippen molar-refractivity contribution >= 4 is 5.82 Å². The summed E-state index contributed by atoms with van der Waals surface area (Å²) >= 11 is 0. The number of aryl methyl sites for hydroxylation is 2. The van der Waals surface area contributed by atoms with Gasteiger partial charge in [0.1, 0.15) is 29.3 Å². The van der Waals surface area contributed by atoms with E-state index in [0.29, 0.717) is 29.7 Å². The fourth-order valence-electron chi connectivity index (χ4n) is 2.81. The predicted molar refractivity (Wildman–Crippen MR) is 96.8 cm³/mol. The number of nitriles is 2. The maximum atomic E-state index is 9.77. The highest BCUT2D eigenvalue weighted by Gasteiger charge is 2.20. The van der Waals surface area contributed by atoms with E-state index in [4.69, 9.17) is 5.73 Å². The van der Waals surface area contributed by atoms with Gasteiger partial charge in [0.25, 0.3) is 0 Å². The van der Waals surface area contributed by atoms with Crippen molar-refractivity contribution < 1.29 is 5.11 Å². The van der Waals surface area contributed by atoms with E-state index in [2.05, 4.69) is 16.0 Å². The Labute approximate surface area is 150 Å². The largest absolute Gasteiger partial charge is 0.508 e. The normalized spacial score (nSPS) is 10.1. The monoisotopic (exact) mass is 341 g/mol. The molecule has 0 aliphatic heterocycles. The number of phenols is 1. The van der Waals surface area contributed by atoms with Gasteiger partial charge in [0.15, 0.2) is 0 Å². The average molecular weight is 341 g/mol. The molecule has 0 spiro atoms. The zero-order valence-corrected chi connectivity index (χ0v) is 13.8. The molecule has 0 radical (unpaired) electrons. The molecule has 26 heavy (non-hydrogen) atoms. The average Bonchev–Trinajstić information content (AvgIpc) is 2.66. The zero-order valence-electron chi connectivity index (χ0n) is 13.8. The molecule has 0 saturated carbocycles. The van der Waals surface area contributed by atoms with Gasteiger partial charge in [-0.2, -0.15) is 10.5 Å². The molecule has 0 aliphatic rings. The van der Waals surface area contributed by atoms with E-state index < -0.39 is 0 Å². The minimum Gasteiger partial charge on any atom is -0.508 e. The number of hydrogen-bond acceptors (Lipinski definition) is 6. The third-order valence-electron chi connectivity index (χ3n) is 4.00. The van der Waals surface area contributed by atoms with Gasteiger partial charge in [-0.1, -0.05) is 18.2 Å². The van der Waals surface area contributed by atoms with Crippen LogP contribution in [0.3, 0.4) is 0 Å². The number of rotatable bonds is 4. The van der Waals surface area contributed by atoms with Crippen LogP contribution in [0.4, 0.5) is 5.82 Å². The first kappa shape index (κ1) is 16.9. The van der Waals surface area contributed by atoms with Crippen molar-refractivity contribution in [3.8, 4) is 29.0 Å². The molecule has 1 aromatic carbocycles. The van der Waals surface area contributed by atoms with Gasteiger partial charge in [0, 0.05) is 17.5 Å². The van der Waals surface area contributed by atoms with E-state index in [1.807, 2.05) is 24.3 Å². The Balaban J connectivity index is 2.12. The molecular weight excluding hydrogens is 326 g/mol. The van der Waals surface area contributed by atoms with Crippen LogP contribution in [0.1, 0.15) is 22.5 Å². The van der Waals surface area contributed by atoms with E-state index in [1.54, 1.807) is 18.3 Å². The molecule has 0 bridgehead atoms. The Kier molecular flexibility index (Phi) is 4.78. The van der Waals surface area contributed by atoms with E-state index >= 15 is 0 Å². The van der Waals surface area contributed by atoms with Gasteiger partial charge in [-0.3, -0.25) is 4.98 Å². The second-order valence-corrected chi connectivity index (χ2v) is 5.66. The lowest BCUT2D eigenvalue weighted by molar-refractivity contribution is 0.475. The highest BCUT2D eigenvalue weighted by atomic mass is 16.3. The topological polar surface area (TPSA) is 120 Å². The molecule has 6 heteroatoms. The second-order valence-electron chi connectivity index (χ2n) is 5.66. The number of phenolic OH excluding ortho intramolecular Hbond substituents is 1. The molecule has 3 aromatic rings. The molecule has 0 amide bonds. The second kappa shape index (κ2) is 7.33. The maximum Gasteiger partial charge on any atom is 0.142 e. The summed E-state index contributed by atoms with van der Waals surface area (Å²) in [6.07, 6.45) is 2.76. The van der Waals surface area contributed by atoms with Crippen LogP contribution < -0.4 is 5.73 Å². The van der Waals surface area contributed by atoms with Crippen molar-refractivity contribution in [2.24, 2.45) is 0 Å². The Bertz CT molecular complexity index is 1030. The summed E-state index contributed by atoms with van der Waals surface area (Å²) in [5, 5.41) is 29.0. The van der Waals surface area contributed by atoms with E-state index in [1.165, 1.54) is 12.1 Å². The summed E-state index contributed by atoms with van der Waals surface area (Å²) in [4.78, 5) is 8.55. The molecule has 0 saturated heterocycles. The maximum absolute atomic E-state index is 9.77. The number of aromatic nitrogens is 2. The minimum atomic E-state index is 0.0423. The first-order valence-corrected chi connectivity index (χ1v) is 7.96. The van der Waals surface area contributed by atoms with Crippen molar-refractivity contribution in [1.82, 2.24) is 9.97 Å². The number of nitrogens with two attached hydrogens (primary N) is 1. The fraction of sp³-hybridized carbons (Fsp3) is 0.100. The first-order valence-electron chi connectivity index (χ1n) is 7.96. The highest BCUT2D eigenvalue weighted by Crippen LogP contribution is 2.33. The Morgan fingerprint density at radius 2 is 1.81 bits per heavy atom. The third kappa shape index (κ3) is 3.31. The lowest BCUT2D eigenvalue weighted by Gasteiger charge is -2.13. The van der Waals surface area contributed by atoms with E-state index in [9.17, 15) is 15.6 Å². The minimum absolute atomic E-state index is 0.0423. The van der Waals surface area contributed by atoms with Gasteiger partial charge in [-0.05, 0) is 42.7 Å². The molecule has 0 unspecified atom stereocenters. The zero-order chi connectivity index (χ0) is 18.5. The van der Waals surface area contributed by atoms with Gasteiger partial charge in [0.05, 0.1) is 11.3 Å². The number of aromatic hydroxyl groups is 1. The lowest BCUT2D eigenvalue weighted by Crippen LogP contribution is -2.07. The molecule has 0 fully saturated rings. The summed E-state index contributed by atoms with van der Waals surface area (Å²) in [7, 11) is 0. The smallest absolute Gasteiger partial charge is 0.142 e. The van der Waals surface area contributed by atoms with Crippen molar-refractivity contribution in [2.75, 3.05) is 5.73 Å². The summed E-state index contributed by atoms with van der Waals surface area (Å²) in [5.41, 5.74) is 8.73. The summed E-state index contributed by atoms with van der Waals surface area (Å²) < 4.78 is 0. The number of benzene rings is 1. The molecule has 0 aliphatic carbocycles. The SMILES string of the molecule is N#Cc1c(N)nc(CCc2ccccn2)c(C#N)c1-c1cccc(O)c1. The Morgan fingerprint density at radius 1 is 1.00 bits per heavy atom. The Morgan fingerprint density at radius 3 is 2.46 bits per heavy atom. The van der Waals surface area contributed by atoms with Crippen molar-refractivity contribution in [1.29, 1.82) is 10.5 Å². The van der Waals surface area contributed by atoms with Crippen LogP contribution >= 0.6 is 0 Å². The molecule has 2 heterocycles.